The van der Waals surface area contributed by atoms with Crippen molar-refractivity contribution in [3.8, 4) is 0 Å². The van der Waals surface area contributed by atoms with Gasteiger partial charge in [0.2, 0.25) is 0 Å². The Morgan fingerprint density at radius 3 is 2.50 bits per heavy atom. The molecular weight excluding hydrogens is 298 g/mol. The summed E-state index contributed by atoms with van der Waals surface area (Å²) in [5.74, 6) is 0.000101. The van der Waals surface area contributed by atoms with Crippen molar-refractivity contribution in [1.29, 1.82) is 0 Å². The summed E-state index contributed by atoms with van der Waals surface area (Å²) in [7, 11) is 4.12. The van der Waals surface area contributed by atoms with Crippen molar-refractivity contribution in [2.24, 2.45) is 0 Å². The molecule has 1 aromatic heterocycles. The van der Waals surface area contributed by atoms with Gasteiger partial charge in [0, 0.05) is 31.0 Å². The van der Waals surface area contributed by atoms with Crippen molar-refractivity contribution in [2.75, 3.05) is 20.6 Å². The fraction of sp³-hybridized carbons (Fsp3) is 0.450. The van der Waals surface area contributed by atoms with E-state index in [1.54, 1.807) is 0 Å². The first kappa shape index (κ1) is 18.3. The Morgan fingerprint density at radius 2 is 1.83 bits per heavy atom. The lowest BCUT2D eigenvalue weighted by molar-refractivity contribution is 0.0950. The van der Waals surface area contributed by atoms with Gasteiger partial charge >= 0.3 is 0 Å². The standard InChI is InChI=1S/C20H29N3O/c1-14-7-8-15(2)18(11-14)13-21-20(24)19-12-16(3)23(17(19)4)10-9-22(5)6/h7-8,11-12H,9-10,13H2,1-6H3,(H,21,24). The normalized spacial score (nSPS) is 11.1. The van der Waals surface area contributed by atoms with E-state index < -0.39 is 0 Å². The van der Waals surface area contributed by atoms with Crippen molar-refractivity contribution in [3.63, 3.8) is 0 Å². The molecule has 4 nitrogen and oxygen atoms in total. The van der Waals surface area contributed by atoms with Gasteiger partial charge in [-0.2, -0.15) is 0 Å². The minimum absolute atomic E-state index is 0.000101. The molecule has 130 valence electrons. The number of rotatable bonds is 6. The van der Waals surface area contributed by atoms with Crippen molar-refractivity contribution >= 4 is 5.91 Å². The minimum Gasteiger partial charge on any atom is -0.348 e. The summed E-state index contributed by atoms with van der Waals surface area (Å²) in [4.78, 5) is 14.8. The van der Waals surface area contributed by atoms with Crippen LogP contribution in [0.25, 0.3) is 0 Å². The molecule has 0 aliphatic rings. The van der Waals surface area contributed by atoms with Crippen molar-refractivity contribution in [1.82, 2.24) is 14.8 Å². The van der Waals surface area contributed by atoms with Crippen LogP contribution < -0.4 is 5.32 Å². The van der Waals surface area contributed by atoms with E-state index in [-0.39, 0.29) is 5.91 Å². The Kier molecular flexibility index (Phi) is 5.84. The van der Waals surface area contributed by atoms with Crippen LogP contribution in [0.3, 0.4) is 0 Å². The molecule has 0 unspecified atom stereocenters. The number of carbonyl (C=O) groups is 1. The Morgan fingerprint density at radius 1 is 1.12 bits per heavy atom. The molecule has 0 saturated heterocycles. The van der Waals surface area contributed by atoms with E-state index in [1.165, 1.54) is 16.7 Å². The molecule has 0 aliphatic carbocycles. The van der Waals surface area contributed by atoms with Gasteiger partial charge in [-0.1, -0.05) is 23.8 Å². The van der Waals surface area contributed by atoms with Gasteiger partial charge in [-0.3, -0.25) is 4.79 Å². The van der Waals surface area contributed by atoms with E-state index in [9.17, 15) is 4.79 Å². The number of aromatic nitrogens is 1. The molecule has 1 heterocycles. The summed E-state index contributed by atoms with van der Waals surface area (Å²) in [6.07, 6.45) is 0. The third-order valence-corrected chi connectivity index (χ3v) is 4.53. The number of benzene rings is 1. The number of nitrogens with one attached hydrogen (secondary N) is 1. The largest absolute Gasteiger partial charge is 0.348 e. The van der Waals surface area contributed by atoms with E-state index in [2.05, 4.69) is 67.8 Å². The zero-order chi connectivity index (χ0) is 17.9. The van der Waals surface area contributed by atoms with E-state index in [0.29, 0.717) is 6.54 Å². The van der Waals surface area contributed by atoms with Gasteiger partial charge in [0.1, 0.15) is 0 Å². The van der Waals surface area contributed by atoms with Crippen molar-refractivity contribution in [3.05, 3.63) is 57.9 Å². The maximum atomic E-state index is 12.6. The summed E-state index contributed by atoms with van der Waals surface area (Å²) in [6, 6.07) is 8.32. The first-order valence-corrected chi connectivity index (χ1v) is 8.45. The molecule has 0 fully saturated rings. The monoisotopic (exact) mass is 327 g/mol. The summed E-state index contributed by atoms with van der Waals surface area (Å²) < 4.78 is 2.22. The highest BCUT2D eigenvalue weighted by molar-refractivity contribution is 5.95. The Hall–Kier alpha value is -2.07. The van der Waals surface area contributed by atoms with Gasteiger partial charge in [0.15, 0.2) is 0 Å². The summed E-state index contributed by atoms with van der Waals surface area (Å²) in [5.41, 5.74) is 6.53. The summed E-state index contributed by atoms with van der Waals surface area (Å²) in [5, 5.41) is 3.07. The fourth-order valence-corrected chi connectivity index (χ4v) is 2.94. The lowest BCUT2D eigenvalue weighted by atomic mass is 10.1. The Labute approximate surface area is 145 Å². The number of hydrogen-bond acceptors (Lipinski definition) is 2. The molecule has 1 amide bonds. The second-order valence-electron chi connectivity index (χ2n) is 6.85. The van der Waals surface area contributed by atoms with Crippen LogP contribution in [0, 0.1) is 27.7 Å². The Balaban J connectivity index is 2.10. The zero-order valence-corrected chi connectivity index (χ0v) is 15.7. The molecule has 0 aliphatic heterocycles. The lowest BCUT2D eigenvalue weighted by Crippen LogP contribution is -2.24. The van der Waals surface area contributed by atoms with E-state index >= 15 is 0 Å². The molecule has 0 saturated carbocycles. The van der Waals surface area contributed by atoms with Crippen LogP contribution in [0.5, 0.6) is 0 Å². The topological polar surface area (TPSA) is 37.3 Å². The summed E-state index contributed by atoms with van der Waals surface area (Å²) >= 11 is 0. The van der Waals surface area contributed by atoms with Crippen molar-refractivity contribution in [2.45, 2.75) is 40.8 Å². The molecule has 1 aromatic carbocycles. The van der Waals surface area contributed by atoms with E-state index in [0.717, 1.165) is 30.0 Å². The molecular formula is C20H29N3O. The summed E-state index contributed by atoms with van der Waals surface area (Å²) in [6.45, 7) is 10.7. The first-order chi connectivity index (χ1) is 11.3. The molecule has 2 rings (SSSR count). The van der Waals surface area contributed by atoms with Crippen LogP contribution >= 0.6 is 0 Å². The third-order valence-electron chi connectivity index (χ3n) is 4.53. The number of likely N-dealkylation sites (N-methyl/N-ethyl adjacent to an activating group) is 1. The zero-order valence-electron chi connectivity index (χ0n) is 15.7. The predicted molar refractivity (Wildman–Crippen MR) is 99.5 cm³/mol. The van der Waals surface area contributed by atoms with Gasteiger partial charge in [0.25, 0.3) is 5.91 Å². The van der Waals surface area contributed by atoms with Gasteiger partial charge < -0.3 is 14.8 Å². The molecule has 24 heavy (non-hydrogen) atoms. The second-order valence-corrected chi connectivity index (χ2v) is 6.85. The van der Waals surface area contributed by atoms with E-state index in [4.69, 9.17) is 0 Å². The molecule has 0 spiro atoms. The highest BCUT2D eigenvalue weighted by Crippen LogP contribution is 2.16. The first-order valence-electron chi connectivity index (χ1n) is 8.45. The van der Waals surface area contributed by atoms with Crippen LogP contribution in [0.2, 0.25) is 0 Å². The van der Waals surface area contributed by atoms with Gasteiger partial charge in [-0.25, -0.2) is 0 Å². The third kappa shape index (κ3) is 4.26. The fourth-order valence-electron chi connectivity index (χ4n) is 2.94. The smallest absolute Gasteiger partial charge is 0.253 e. The SMILES string of the molecule is Cc1ccc(C)c(CNC(=O)c2cc(C)n(CCN(C)C)c2C)c1. The Bertz CT molecular complexity index is 729. The highest BCUT2D eigenvalue weighted by Gasteiger charge is 2.15. The van der Waals surface area contributed by atoms with Crippen molar-refractivity contribution < 1.29 is 4.79 Å². The van der Waals surface area contributed by atoms with Crippen LogP contribution in [0.4, 0.5) is 0 Å². The number of hydrogen-bond donors (Lipinski definition) is 1. The number of nitrogens with zero attached hydrogens (tertiary/aromatic N) is 2. The van der Waals surface area contributed by atoms with E-state index in [1.807, 2.05) is 13.0 Å². The minimum atomic E-state index is 0.000101. The van der Waals surface area contributed by atoms with Crippen LogP contribution in [0.15, 0.2) is 24.3 Å². The number of carbonyl (C=O) groups excluding carboxylic acids is 1. The lowest BCUT2D eigenvalue weighted by Gasteiger charge is -2.14. The second kappa shape index (κ2) is 7.67. The quantitative estimate of drug-likeness (QED) is 0.884. The maximum Gasteiger partial charge on any atom is 0.253 e. The number of amides is 1. The van der Waals surface area contributed by atoms with Gasteiger partial charge in [-0.15, -0.1) is 0 Å². The van der Waals surface area contributed by atoms with Crippen LogP contribution in [-0.2, 0) is 13.1 Å². The highest BCUT2D eigenvalue weighted by atomic mass is 16.1. The molecule has 4 heteroatoms. The van der Waals surface area contributed by atoms with Crippen LogP contribution in [0.1, 0.15) is 38.4 Å². The van der Waals surface area contributed by atoms with Crippen LogP contribution in [-0.4, -0.2) is 36.0 Å². The predicted octanol–water partition coefficient (Wildman–Crippen LogP) is 3.21. The van der Waals surface area contributed by atoms with Gasteiger partial charge in [0.05, 0.1) is 5.56 Å². The number of aryl methyl sites for hydroxylation is 3. The average molecular weight is 327 g/mol. The molecule has 2 aromatic rings. The maximum absolute atomic E-state index is 12.6. The molecule has 0 radical (unpaired) electrons. The average Bonchev–Trinajstić information content (AvgIpc) is 2.80. The molecule has 0 bridgehead atoms. The molecule has 0 atom stereocenters. The van der Waals surface area contributed by atoms with Gasteiger partial charge in [-0.05, 0) is 59.0 Å². The molecule has 1 N–H and O–H groups in total.